The zero-order valence-electron chi connectivity index (χ0n) is 13.6. The molecule has 1 aliphatic rings. The predicted octanol–water partition coefficient (Wildman–Crippen LogP) is 3.62. The summed E-state index contributed by atoms with van der Waals surface area (Å²) in [4.78, 5) is 14.7. The van der Waals surface area contributed by atoms with Crippen molar-refractivity contribution in [3.8, 4) is 0 Å². The van der Waals surface area contributed by atoms with Crippen LogP contribution in [0.3, 0.4) is 0 Å². The average molecular weight is 269 g/mol. The highest BCUT2D eigenvalue weighted by atomic mass is 16.6. The molecule has 0 aromatic carbocycles. The molecule has 1 saturated carbocycles. The van der Waals surface area contributed by atoms with E-state index in [0.29, 0.717) is 5.92 Å². The maximum atomic E-state index is 12.7. The molecular formula is C16H31NO2. The van der Waals surface area contributed by atoms with Crippen molar-refractivity contribution in [3.63, 3.8) is 0 Å². The van der Waals surface area contributed by atoms with Gasteiger partial charge in [-0.1, -0.05) is 20.8 Å². The van der Waals surface area contributed by atoms with E-state index in [0.717, 1.165) is 25.7 Å². The minimum Gasteiger partial charge on any atom is -0.458 e. The second kappa shape index (κ2) is 6.25. The lowest BCUT2D eigenvalue weighted by molar-refractivity contribution is -0.173. The highest BCUT2D eigenvalue weighted by Crippen LogP contribution is 2.38. The first-order valence-electron chi connectivity index (χ1n) is 7.66. The molecule has 1 atom stereocenters. The summed E-state index contributed by atoms with van der Waals surface area (Å²) >= 11 is 0. The SMILES string of the molecule is CCC1(OC(=O)C(C)(CC(C)C)N(C)C)CCCC1. The topological polar surface area (TPSA) is 29.5 Å². The molecule has 0 spiro atoms. The number of hydrogen-bond acceptors (Lipinski definition) is 3. The van der Waals surface area contributed by atoms with Crippen molar-refractivity contribution in [1.29, 1.82) is 0 Å². The van der Waals surface area contributed by atoms with Crippen LogP contribution in [0.5, 0.6) is 0 Å². The first-order chi connectivity index (χ1) is 8.76. The minimum atomic E-state index is -0.515. The Labute approximate surface area is 118 Å². The van der Waals surface area contributed by atoms with Gasteiger partial charge in [0.15, 0.2) is 0 Å². The summed E-state index contributed by atoms with van der Waals surface area (Å²) in [7, 11) is 3.94. The lowest BCUT2D eigenvalue weighted by Gasteiger charge is -2.39. The molecule has 1 rings (SSSR count). The minimum absolute atomic E-state index is 0.0463. The molecule has 0 saturated heterocycles. The fourth-order valence-corrected chi connectivity index (χ4v) is 3.10. The van der Waals surface area contributed by atoms with Crippen LogP contribution in [-0.4, -0.2) is 36.1 Å². The first-order valence-corrected chi connectivity index (χ1v) is 7.66. The number of rotatable bonds is 6. The second-order valence-electron chi connectivity index (χ2n) is 6.90. The lowest BCUT2D eigenvalue weighted by atomic mass is 9.89. The summed E-state index contributed by atoms with van der Waals surface area (Å²) in [5, 5.41) is 0. The standard InChI is InChI=1S/C16H31NO2/c1-7-16(10-8-9-11-16)19-14(18)15(4,17(5)6)12-13(2)3/h13H,7-12H2,1-6H3. The van der Waals surface area contributed by atoms with Crippen molar-refractivity contribution in [2.75, 3.05) is 14.1 Å². The molecule has 0 bridgehead atoms. The van der Waals surface area contributed by atoms with Crippen LogP contribution in [-0.2, 0) is 9.53 Å². The van der Waals surface area contributed by atoms with Gasteiger partial charge in [-0.2, -0.15) is 0 Å². The molecular weight excluding hydrogens is 238 g/mol. The van der Waals surface area contributed by atoms with E-state index in [4.69, 9.17) is 4.74 Å². The second-order valence-corrected chi connectivity index (χ2v) is 6.90. The van der Waals surface area contributed by atoms with Crippen LogP contribution in [0.2, 0.25) is 0 Å². The van der Waals surface area contributed by atoms with Crippen molar-refractivity contribution in [3.05, 3.63) is 0 Å². The Kier molecular flexibility index (Phi) is 5.43. The summed E-state index contributed by atoms with van der Waals surface area (Å²) in [5.74, 6) is 0.427. The van der Waals surface area contributed by atoms with Crippen LogP contribution in [0.15, 0.2) is 0 Å². The molecule has 0 N–H and O–H groups in total. The van der Waals surface area contributed by atoms with E-state index in [-0.39, 0.29) is 11.6 Å². The average Bonchev–Trinajstić information content (AvgIpc) is 2.77. The first kappa shape index (κ1) is 16.5. The molecule has 0 aromatic heterocycles. The van der Waals surface area contributed by atoms with Gasteiger partial charge < -0.3 is 4.74 Å². The quantitative estimate of drug-likeness (QED) is 0.690. The molecule has 0 heterocycles. The van der Waals surface area contributed by atoms with Gasteiger partial charge in [-0.25, -0.2) is 0 Å². The molecule has 112 valence electrons. The number of carbonyl (C=O) groups is 1. The summed E-state index contributed by atoms with van der Waals surface area (Å²) < 4.78 is 5.99. The monoisotopic (exact) mass is 269 g/mol. The Hall–Kier alpha value is -0.570. The normalized spacial score (nSPS) is 21.7. The van der Waals surface area contributed by atoms with E-state index in [9.17, 15) is 4.79 Å². The van der Waals surface area contributed by atoms with Crippen LogP contribution in [0.25, 0.3) is 0 Å². The maximum absolute atomic E-state index is 12.7. The maximum Gasteiger partial charge on any atom is 0.326 e. The van der Waals surface area contributed by atoms with Crippen LogP contribution < -0.4 is 0 Å². The van der Waals surface area contributed by atoms with Crippen molar-refractivity contribution in [2.24, 2.45) is 5.92 Å². The fourth-order valence-electron chi connectivity index (χ4n) is 3.10. The Bertz CT molecular complexity index is 306. The van der Waals surface area contributed by atoms with Gasteiger partial charge >= 0.3 is 5.97 Å². The van der Waals surface area contributed by atoms with Crippen LogP contribution in [0, 0.1) is 5.92 Å². The van der Waals surface area contributed by atoms with E-state index in [1.807, 2.05) is 25.9 Å². The van der Waals surface area contributed by atoms with Gasteiger partial charge in [0.1, 0.15) is 11.1 Å². The number of esters is 1. The van der Waals surface area contributed by atoms with Crippen molar-refractivity contribution in [1.82, 2.24) is 4.90 Å². The van der Waals surface area contributed by atoms with E-state index >= 15 is 0 Å². The number of ether oxygens (including phenoxy) is 1. The summed E-state index contributed by atoms with van der Waals surface area (Å²) in [6.07, 6.45) is 6.19. The highest BCUT2D eigenvalue weighted by Gasteiger charge is 2.43. The summed E-state index contributed by atoms with van der Waals surface area (Å²) in [5.41, 5.74) is -0.704. The molecule has 1 unspecified atom stereocenters. The molecule has 0 radical (unpaired) electrons. The summed E-state index contributed by atoms with van der Waals surface area (Å²) in [6, 6.07) is 0. The van der Waals surface area contributed by atoms with Gasteiger partial charge in [-0.05, 0) is 65.5 Å². The number of likely N-dealkylation sites (N-methyl/N-ethyl adjacent to an activating group) is 1. The van der Waals surface area contributed by atoms with Gasteiger partial charge in [0, 0.05) is 0 Å². The Morgan fingerprint density at radius 3 is 2.21 bits per heavy atom. The molecule has 1 aliphatic carbocycles. The molecule has 1 fully saturated rings. The van der Waals surface area contributed by atoms with Crippen molar-refractivity contribution in [2.45, 2.75) is 77.4 Å². The fraction of sp³-hybridized carbons (Fsp3) is 0.938. The number of hydrogen-bond donors (Lipinski definition) is 0. The third-order valence-electron chi connectivity index (χ3n) is 4.70. The van der Waals surface area contributed by atoms with E-state index in [1.165, 1.54) is 12.8 Å². The third kappa shape index (κ3) is 3.71. The van der Waals surface area contributed by atoms with E-state index in [2.05, 4.69) is 20.8 Å². The van der Waals surface area contributed by atoms with Gasteiger partial charge in [-0.15, -0.1) is 0 Å². The van der Waals surface area contributed by atoms with E-state index in [1.54, 1.807) is 0 Å². The third-order valence-corrected chi connectivity index (χ3v) is 4.70. The highest BCUT2D eigenvalue weighted by molar-refractivity contribution is 5.80. The van der Waals surface area contributed by atoms with Crippen LogP contribution in [0.4, 0.5) is 0 Å². The summed E-state index contributed by atoms with van der Waals surface area (Å²) in [6.45, 7) is 8.45. The molecule has 3 nitrogen and oxygen atoms in total. The van der Waals surface area contributed by atoms with E-state index < -0.39 is 5.54 Å². The van der Waals surface area contributed by atoms with Gasteiger partial charge in [0.25, 0.3) is 0 Å². The van der Waals surface area contributed by atoms with Crippen molar-refractivity contribution < 1.29 is 9.53 Å². The zero-order chi connectivity index (χ0) is 14.7. The largest absolute Gasteiger partial charge is 0.458 e. The smallest absolute Gasteiger partial charge is 0.326 e. The predicted molar refractivity (Wildman–Crippen MR) is 79.1 cm³/mol. The van der Waals surface area contributed by atoms with Gasteiger partial charge in [-0.3, -0.25) is 9.69 Å². The van der Waals surface area contributed by atoms with Crippen LogP contribution >= 0.6 is 0 Å². The molecule has 0 aliphatic heterocycles. The molecule has 0 aromatic rings. The number of carbonyl (C=O) groups excluding carboxylic acids is 1. The lowest BCUT2D eigenvalue weighted by Crippen LogP contribution is -2.52. The number of nitrogens with zero attached hydrogens (tertiary/aromatic N) is 1. The van der Waals surface area contributed by atoms with Crippen molar-refractivity contribution >= 4 is 5.97 Å². The van der Waals surface area contributed by atoms with Gasteiger partial charge in [0.2, 0.25) is 0 Å². The zero-order valence-corrected chi connectivity index (χ0v) is 13.6. The Morgan fingerprint density at radius 1 is 1.32 bits per heavy atom. The molecule has 0 amide bonds. The van der Waals surface area contributed by atoms with Crippen LogP contribution in [0.1, 0.15) is 66.2 Å². The molecule has 19 heavy (non-hydrogen) atoms. The van der Waals surface area contributed by atoms with Gasteiger partial charge in [0.05, 0.1) is 0 Å². The molecule has 3 heteroatoms. The Morgan fingerprint density at radius 2 is 1.84 bits per heavy atom. The Balaban J connectivity index is 2.82.